The fourth-order valence-corrected chi connectivity index (χ4v) is 2.84. The van der Waals surface area contributed by atoms with Crippen molar-refractivity contribution in [3.8, 4) is 0 Å². The first-order valence-corrected chi connectivity index (χ1v) is 3.99. The van der Waals surface area contributed by atoms with Crippen LogP contribution < -0.4 is 0 Å². The SMILES string of the molecule is [N-]=[N+]1C2CPCC21. The summed E-state index contributed by atoms with van der Waals surface area (Å²) in [5.74, 6) is 0. The van der Waals surface area contributed by atoms with Gasteiger partial charge in [0.15, 0.2) is 0 Å². The zero-order valence-corrected chi connectivity index (χ0v) is 4.96. The van der Waals surface area contributed by atoms with Gasteiger partial charge in [0.2, 0.25) is 12.1 Å². The molecule has 0 aromatic rings. The van der Waals surface area contributed by atoms with Crippen molar-refractivity contribution in [2.45, 2.75) is 12.1 Å². The maximum absolute atomic E-state index is 8.78. The maximum atomic E-state index is 8.78. The molecule has 2 saturated heterocycles. The molecule has 7 heavy (non-hydrogen) atoms. The van der Waals surface area contributed by atoms with E-state index in [9.17, 15) is 0 Å². The molecule has 2 nitrogen and oxygen atoms in total. The van der Waals surface area contributed by atoms with E-state index in [0.717, 1.165) is 8.58 Å². The quantitative estimate of drug-likeness (QED) is 0.248. The first-order valence-electron chi connectivity index (χ1n) is 2.57. The predicted octanol–water partition coefficient (Wildman–Crippen LogP) is 0.463. The molecule has 0 radical (unpaired) electrons. The summed E-state index contributed by atoms with van der Waals surface area (Å²) in [4.78, 5) is 0. The van der Waals surface area contributed by atoms with E-state index in [4.69, 9.17) is 5.53 Å². The summed E-state index contributed by atoms with van der Waals surface area (Å²) < 4.78 is 1.48. The molecule has 3 heteroatoms. The van der Waals surface area contributed by atoms with Gasteiger partial charge < -0.3 is 10.2 Å². The minimum atomic E-state index is 0.582. The Morgan fingerprint density at radius 3 is 2.29 bits per heavy atom. The largest absolute Gasteiger partial charge is 0.506 e. The molecule has 2 heterocycles. The second-order valence-corrected chi connectivity index (χ2v) is 3.49. The summed E-state index contributed by atoms with van der Waals surface area (Å²) in [7, 11) is 1.12. The van der Waals surface area contributed by atoms with E-state index in [1.54, 1.807) is 0 Å². The molecule has 38 valence electrons. The minimum absolute atomic E-state index is 0.582. The van der Waals surface area contributed by atoms with E-state index in [-0.39, 0.29) is 0 Å². The Bertz CT molecular complexity index is 111. The highest BCUT2D eigenvalue weighted by atomic mass is 31.1. The van der Waals surface area contributed by atoms with Crippen LogP contribution in [0.1, 0.15) is 0 Å². The molecule has 0 bridgehead atoms. The molecule has 0 amide bonds. The van der Waals surface area contributed by atoms with Crippen LogP contribution in [0.5, 0.6) is 0 Å². The Labute approximate surface area is 44.2 Å². The average Bonchev–Trinajstić information content (AvgIpc) is 2.26. The van der Waals surface area contributed by atoms with Crippen LogP contribution in [-0.2, 0) is 0 Å². The Balaban J connectivity index is 2.19. The summed E-state index contributed by atoms with van der Waals surface area (Å²) in [6.07, 6.45) is 2.50. The first-order chi connectivity index (χ1) is 3.39. The van der Waals surface area contributed by atoms with Gasteiger partial charge >= 0.3 is 0 Å². The van der Waals surface area contributed by atoms with Crippen LogP contribution in [0.4, 0.5) is 0 Å². The van der Waals surface area contributed by atoms with Crippen LogP contribution >= 0.6 is 8.58 Å². The van der Waals surface area contributed by atoms with Gasteiger partial charge in [-0.3, -0.25) is 0 Å². The maximum Gasteiger partial charge on any atom is 0.206 e. The van der Waals surface area contributed by atoms with Crippen molar-refractivity contribution in [2.75, 3.05) is 12.3 Å². The van der Waals surface area contributed by atoms with Crippen LogP contribution in [0.3, 0.4) is 0 Å². The smallest absolute Gasteiger partial charge is 0.206 e. The highest BCUT2D eigenvalue weighted by Gasteiger charge is 2.53. The third-order valence-electron chi connectivity index (χ3n) is 1.74. The van der Waals surface area contributed by atoms with E-state index < -0.39 is 0 Å². The van der Waals surface area contributed by atoms with Gasteiger partial charge in [-0.25, -0.2) is 0 Å². The van der Waals surface area contributed by atoms with Gasteiger partial charge in [0.05, 0.1) is 0 Å². The monoisotopic (exact) mass is 114 g/mol. The van der Waals surface area contributed by atoms with E-state index in [0.29, 0.717) is 12.1 Å². The van der Waals surface area contributed by atoms with Crippen molar-refractivity contribution in [2.24, 2.45) is 0 Å². The van der Waals surface area contributed by atoms with Crippen LogP contribution in [0.15, 0.2) is 0 Å². The van der Waals surface area contributed by atoms with Crippen molar-refractivity contribution in [1.29, 1.82) is 0 Å². The lowest BCUT2D eigenvalue weighted by atomic mass is 10.4. The summed E-state index contributed by atoms with van der Waals surface area (Å²) in [5.41, 5.74) is 8.78. The Hall–Kier alpha value is 0.0300. The van der Waals surface area contributed by atoms with Gasteiger partial charge in [0.1, 0.15) is 0 Å². The first kappa shape index (κ1) is 3.96. The summed E-state index contributed by atoms with van der Waals surface area (Å²) >= 11 is 0. The summed E-state index contributed by atoms with van der Waals surface area (Å²) in [6, 6.07) is 1.16. The lowest BCUT2D eigenvalue weighted by molar-refractivity contribution is -0.401. The third-order valence-corrected chi connectivity index (χ3v) is 3.15. The average molecular weight is 114 g/mol. The molecule has 2 fully saturated rings. The predicted molar refractivity (Wildman–Crippen MR) is 29.2 cm³/mol. The van der Waals surface area contributed by atoms with E-state index in [2.05, 4.69) is 0 Å². The Morgan fingerprint density at radius 1 is 1.43 bits per heavy atom. The van der Waals surface area contributed by atoms with E-state index in [1.807, 2.05) is 0 Å². The van der Waals surface area contributed by atoms with Gasteiger partial charge in [-0.05, 0) is 0 Å². The van der Waals surface area contributed by atoms with Crippen LogP contribution in [-0.4, -0.2) is 29.1 Å². The number of nitrogens with zero attached hydrogens (tertiary/aromatic N) is 2. The molecular formula is C4H7N2P. The normalized spacial score (nSPS) is 50.0. The lowest BCUT2D eigenvalue weighted by Crippen LogP contribution is -1.85. The zero-order chi connectivity index (χ0) is 4.85. The van der Waals surface area contributed by atoms with Crippen molar-refractivity contribution < 1.29 is 4.70 Å². The van der Waals surface area contributed by atoms with Gasteiger partial charge in [0, 0.05) is 12.3 Å². The second-order valence-electron chi connectivity index (χ2n) is 2.17. The minimum Gasteiger partial charge on any atom is -0.506 e. The molecule has 2 aliphatic rings. The molecule has 2 aliphatic heterocycles. The second kappa shape index (κ2) is 1.05. The highest BCUT2D eigenvalue weighted by molar-refractivity contribution is 7.38. The van der Waals surface area contributed by atoms with Crippen molar-refractivity contribution in [3.63, 3.8) is 0 Å². The Kier molecular flexibility index (Phi) is 0.597. The third kappa shape index (κ3) is 0.381. The number of rotatable bonds is 0. The standard InChI is InChI=1S/C4H7N2P/c5-6-3-1-7-2-4(3)6/h3-4,7H,1-2H2. The molecule has 0 spiro atoms. The van der Waals surface area contributed by atoms with Crippen LogP contribution in [0, 0.1) is 0 Å². The molecule has 2 rings (SSSR count). The summed E-state index contributed by atoms with van der Waals surface area (Å²) in [6.45, 7) is 0. The Morgan fingerprint density at radius 2 is 2.00 bits per heavy atom. The van der Waals surface area contributed by atoms with Gasteiger partial charge in [-0.2, -0.15) is 0 Å². The molecule has 2 unspecified atom stereocenters. The van der Waals surface area contributed by atoms with Crippen molar-refractivity contribution >= 4 is 8.58 Å². The summed E-state index contributed by atoms with van der Waals surface area (Å²) in [5, 5.41) is 0. The molecule has 0 N–H and O–H groups in total. The molecular weight excluding hydrogens is 107 g/mol. The van der Waals surface area contributed by atoms with Gasteiger partial charge in [0.25, 0.3) is 0 Å². The van der Waals surface area contributed by atoms with Crippen LogP contribution in [0.2, 0.25) is 0 Å². The van der Waals surface area contributed by atoms with Crippen LogP contribution in [0.25, 0.3) is 5.53 Å². The fraction of sp³-hybridized carbons (Fsp3) is 1.00. The topological polar surface area (TPSA) is 25.3 Å². The zero-order valence-electron chi connectivity index (χ0n) is 3.96. The van der Waals surface area contributed by atoms with E-state index >= 15 is 0 Å². The van der Waals surface area contributed by atoms with Gasteiger partial charge in [-0.15, -0.1) is 8.58 Å². The number of fused-ring (bicyclic) bond motifs is 1. The van der Waals surface area contributed by atoms with Crippen molar-refractivity contribution in [1.82, 2.24) is 0 Å². The molecule has 0 aliphatic carbocycles. The molecule has 0 aromatic carbocycles. The molecule has 0 saturated carbocycles. The number of hydrogen-bond donors (Lipinski definition) is 0. The highest BCUT2D eigenvalue weighted by Crippen LogP contribution is 2.39. The fourth-order valence-electron chi connectivity index (χ4n) is 1.16. The number of hydrogen-bond acceptors (Lipinski definition) is 0. The molecule has 2 atom stereocenters. The van der Waals surface area contributed by atoms with Crippen molar-refractivity contribution in [3.05, 3.63) is 5.53 Å². The van der Waals surface area contributed by atoms with E-state index in [1.165, 1.54) is 17.0 Å². The lowest BCUT2D eigenvalue weighted by Gasteiger charge is -1.85. The molecule has 0 aromatic heterocycles. The van der Waals surface area contributed by atoms with Gasteiger partial charge in [-0.1, -0.05) is 0 Å².